The molecule has 2 aromatic heterocycles. The Morgan fingerprint density at radius 1 is 1.35 bits per heavy atom. The van der Waals surface area contributed by atoms with E-state index in [0.717, 1.165) is 18.1 Å². The summed E-state index contributed by atoms with van der Waals surface area (Å²) in [5.41, 5.74) is 6.24. The fourth-order valence-electron chi connectivity index (χ4n) is 1.87. The van der Waals surface area contributed by atoms with Crippen molar-refractivity contribution in [2.75, 3.05) is 18.0 Å². The Hall–Kier alpha value is -1.47. The summed E-state index contributed by atoms with van der Waals surface area (Å²) in [6.45, 7) is 2.45. The van der Waals surface area contributed by atoms with Crippen molar-refractivity contribution >= 4 is 17.3 Å². The number of aromatic nitrogens is 3. The second-order valence-corrected chi connectivity index (χ2v) is 4.87. The second kappa shape index (κ2) is 4.42. The number of nitrogens with two attached hydrogens (primary N) is 1. The molecule has 0 radical (unpaired) electrons. The van der Waals surface area contributed by atoms with Gasteiger partial charge in [-0.15, -0.1) is 11.3 Å². The largest absolute Gasteiger partial charge is 0.338 e. The Labute approximate surface area is 102 Å². The van der Waals surface area contributed by atoms with E-state index in [4.69, 9.17) is 10.3 Å². The molecule has 3 heterocycles. The lowest BCUT2D eigenvalue weighted by Crippen LogP contribution is -2.18. The van der Waals surface area contributed by atoms with Gasteiger partial charge in [0, 0.05) is 25.0 Å². The van der Waals surface area contributed by atoms with E-state index in [9.17, 15) is 0 Å². The lowest BCUT2D eigenvalue weighted by Gasteiger charge is -2.09. The summed E-state index contributed by atoms with van der Waals surface area (Å²) in [4.78, 5) is 10.8. The van der Waals surface area contributed by atoms with E-state index in [1.54, 1.807) is 0 Å². The molecule has 0 amide bonds. The molecular weight excluding hydrogens is 238 g/mol. The van der Waals surface area contributed by atoms with Crippen molar-refractivity contribution in [2.45, 2.75) is 19.4 Å². The number of hydrogen-bond donors (Lipinski definition) is 1. The van der Waals surface area contributed by atoms with Crippen molar-refractivity contribution in [3.63, 3.8) is 0 Å². The first-order valence-corrected chi connectivity index (χ1v) is 6.48. The molecule has 2 aromatic rings. The van der Waals surface area contributed by atoms with Crippen molar-refractivity contribution in [2.24, 2.45) is 5.73 Å². The molecule has 1 saturated heterocycles. The third kappa shape index (κ3) is 2.03. The van der Waals surface area contributed by atoms with E-state index in [2.05, 4.69) is 20.0 Å². The molecule has 7 heteroatoms. The number of anilines is 1. The molecule has 17 heavy (non-hydrogen) atoms. The zero-order valence-electron chi connectivity index (χ0n) is 9.30. The lowest BCUT2D eigenvalue weighted by atomic mass is 10.4. The van der Waals surface area contributed by atoms with Gasteiger partial charge in [0.05, 0.1) is 0 Å². The molecular formula is C10H13N5OS. The van der Waals surface area contributed by atoms with Gasteiger partial charge in [0.15, 0.2) is 0 Å². The Bertz CT molecular complexity index is 502. The van der Waals surface area contributed by atoms with Crippen LogP contribution in [0.15, 0.2) is 9.90 Å². The van der Waals surface area contributed by atoms with E-state index >= 15 is 0 Å². The maximum Gasteiger partial charge on any atom is 0.278 e. The van der Waals surface area contributed by atoms with Gasteiger partial charge in [-0.05, 0) is 18.0 Å². The van der Waals surface area contributed by atoms with Gasteiger partial charge in [-0.25, -0.2) is 4.98 Å². The van der Waals surface area contributed by atoms with Gasteiger partial charge in [0.1, 0.15) is 10.7 Å². The molecule has 1 fully saturated rings. The van der Waals surface area contributed by atoms with Crippen molar-refractivity contribution < 1.29 is 4.52 Å². The van der Waals surface area contributed by atoms with Crippen LogP contribution < -0.4 is 10.6 Å². The van der Waals surface area contributed by atoms with Crippen LogP contribution in [0.1, 0.15) is 17.8 Å². The summed E-state index contributed by atoms with van der Waals surface area (Å²) in [6.07, 6.45) is 2.38. The summed E-state index contributed by atoms with van der Waals surface area (Å²) < 4.78 is 5.22. The normalized spacial score (nSPS) is 15.7. The number of rotatable bonds is 3. The number of nitrogens with zero attached hydrogens (tertiary/aromatic N) is 4. The van der Waals surface area contributed by atoms with Gasteiger partial charge < -0.3 is 15.2 Å². The van der Waals surface area contributed by atoms with Crippen molar-refractivity contribution in [3.8, 4) is 11.6 Å². The van der Waals surface area contributed by atoms with Crippen molar-refractivity contribution in [3.05, 3.63) is 10.4 Å². The maximum absolute atomic E-state index is 5.52. The zero-order chi connectivity index (χ0) is 11.7. The van der Waals surface area contributed by atoms with Crippen LogP contribution in [0.4, 0.5) is 5.95 Å². The molecule has 3 rings (SSSR count). The van der Waals surface area contributed by atoms with Crippen LogP contribution in [-0.4, -0.2) is 28.2 Å². The standard InChI is InChI=1S/C10H13N5OS/c11-5-8-12-7(6-17-8)9-13-10(14-16-9)15-3-1-2-4-15/h6H,1-5,11H2. The minimum Gasteiger partial charge on any atom is -0.338 e. The van der Waals surface area contributed by atoms with E-state index in [1.807, 2.05) is 5.38 Å². The predicted molar refractivity (Wildman–Crippen MR) is 64.7 cm³/mol. The van der Waals surface area contributed by atoms with E-state index in [1.165, 1.54) is 24.2 Å². The highest BCUT2D eigenvalue weighted by atomic mass is 32.1. The first kappa shape index (κ1) is 10.7. The topological polar surface area (TPSA) is 81.1 Å². The Balaban J connectivity index is 1.83. The summed E-state index contributed by atoms with van der Waals surface area (Å²) in [6, 6.07) is 0. The van der Waals surface area contributed by atoms with E-state index in [0.29, 0.717) is 24.1 Å². The van der Waals surface area contributed by atoms with Crippen LogP contribution in [0.25, 0.3) is 11.6 Å². The zero-order valence-corrected chi connectivity index (χ0v) is 10.1. The first-order valence-electron chi connectivity index (χ1n) is 5.60. The van der Waals surface area contributed by atoms with Gasteiger partial charge in [-0.1, -0.05) is 0 Å². The third-order valence-corrected chi connectivity index (χ3v) is 3.62. The highest BCUT2D eigenvalue weighted by Crippen LogP contribution is 2.23. The van der Waals surface area contributed by atoms with Crippen molar-refractivity contribution in [1.82, 2.24) is 15.1 Å². The minimum atomic E-state index is 0.442. The fourth-order valence-corrected chi connectivity index (χ4v) is 2.52. The van der Waals surface area contributed by atoms with E-state index < -0.39 is 0 Å². The van der Waals surface area contributed by atoms with Gasteiger partial charge in [-0.2, -0.15) is 4.98 Å². The summed E-state index contributed by atoms with van der Waals surface area (Å²) in [5, 5.41) is 6.75. The molecule has 0 atom stereocenters. The van der Waals surface area contributed by atoms with Crippen LogP contribution in [0.2, 0.25) is 0 Å². The summed E-state index contributed by atoms with van der Waals surface area (Å²) >= 11 is 1.51. The fraction of sp³-hybridized carbons (Fsp3) is 0.500. The van der Waals surface area contributed by atoms with Crippen LogP contribution in [-0.2, 0) is 6.54 Å². The Morgan fingerprint density at radius 3 is 2.88 bits per heavy atom. The average molecular weight is 251 g/mol. The van der Waals surface area contributed by atoms with Gasteiger partial charge >= 0.3 is 0 Å². The molecule has 0 unspecified atom stereocenters. The molecule has 6 nitrogen and oxygen atoms in total. The molecule has 1 aliphatic rings. The number of thiazole rings is 1. The lowest BCUT2D eigenvalue weighted by molar-refractivity contribution is 0.429. The van der Waals surface area contributed by atoms with Crippen LogP contribution in [0.5, 0.6) is 0 Å². The van der Waals surface area contributed by atoms with Gasteiger partial charge in [-0.3, -0.25) is 0 Å². The molecule has 0 bridgehead atoms. The number of hydrogen-bond acceptors (Lipinski definition) is 7. The third-order valence-electron chi connectivity index (χ3n) is 2.75. The Kier molecular flexibility index (Phi) is 2.77. The molecule has 0 saturated carbocycles. The Morgan fingerprint density at radius 2 is 2.18 bits per heavy atom. The molecule has 90 valence electrons. The van der Waals surface area contributed by atoms with Gasteiger partial charge in [0.2, 0.25) is 0 Å². The highest BCUT2D eigenvalue weighted by Gasteiger charge is 2.19. The van der Waals surface area contributed by atoms with Crippen molar-refractivity contribution in [1.29, 1.82) is 0 Å². The smallest absolute Gasteiger partial charge is 0.278 e. The molecule has 1 aliphatic heterocycles. The molecule has 0 spiro atoms. The average Bonchev–Trinajstić information content (AvgIpc) is 3.09. The van der Waals surface area contributed by atoms with Crippen LogP contribution in [0.3, 0.4) is 0 Å². The SMILES string of the molecule is NCc1nc(-c2nc(N3CCCC3)no2)cs1. The molecule has 0 aliphatic carbocycles. The molecule has 0 aromatic carbocycles. The van der Waals surface area contributed by atoms with Crippen LogP contribution in [0, 0.1) is 0 Å². The highest BCUT2D eigenvalue weighted by molar-refractivity contribution is 7.09. The second-order valence-electron chi connectivity index (χ2n) is 3.92. The maximum atomic E-state index is 5.52. The van der Waals surface area contributed by atoms with Gasteiger partial charge in [0.25, 0.3) is 11.8 Å². The van der Waals surface area contributed by atoms with Crippen LogP contribution >= 0.6 is 11.3 Å². The molecule has 2 N–H and O–H groups in total. The monoisotopic (exact) mass is 251 g/mol. The summed E-state index contributed by atoms with van der Waals surface area (Å²) in [5.74, 6) is 1.14. The quantitative estimate of drug-likeness (QED) is 0.884. The predicted octanol–water partition coefficient (Wildman–Crippen LogP) is 1.25. The minimum absolute atomic E-state index is 0.442. The first-order chi connectivity index (χ1) is 8.36. The summed E-state index contributed by atoms with van der Waals surface area (Å²) in [7, 11) is 0. The van der Waals surface area contributed by atoms with E-state index in [-0.39, 0.29) is 0 Å².